The molecule has 124 valence electrons. The fraction of sp³-hybridized carbons (Fsp3) is 0.471. The van der Waals surface area contributed by atoms with Crippen LogP contribution in [-0.2, 0) is 14.3 Å². The molecule has 2 saturated heterocycles. The zero-order chi connectivity index (χ0) is 16.2. The quantitative estimate of drug-likeness (QED) is 0.751. The number of hydrogen-bond donors (Lipinski definition) is 0. The van der Waals surface area contributed by atoms with Crippen molar-refractivity contribution in [2.75, 3.05) is 19.8 Å². The summed E-state index contributed by atoms with van der Waals surface area (Å²) >= 11 is 3.31. The van der Waals surface area contributed by atoms with Gasteiger partial charge in [-0.2, -0.15) is 0 Å². The van der Waals surface area contributed by atoms with E-state index in [-0.39, 0.29) is 24.1 Å². The van der Waals surface area contributed by atoms with E-state index < -0.39 is 0 Å². The zero-order valence-corrected chi connectivity index (χ0v) is 14.3. The molecule has 0 unspecified atom stereocenters. The van der Waals surface area contributed by atoms with Crippen molar-refractivity contribution in [3.8, 4) is 0 Å². The first-order valence-electron chi connectivity index (χ1n) is 7.82. The number of halogens is 2. The standard InChI is InChI=1S/C17H19BrFNO3/c18-13-5-6-14(19)12(11-13)4-7-16(21)20-8-2-1-3-15(20)17-22-9-10-23-17/h4-7,11,15,17H,1-3,8-10H2/b7-4-/t15-/m1/s1. The molecule has 4 nitrogen and oxygen atoms in total. The molecule has 23 heavy (non-hydrogen) atoms. The summed E-state index contributed by atoms with van der Waals surface area (Å²) in [6.45, 7) is 1.82. The Balaban J connectivity index is 1.72. The van der Waals surface area contributed by atoms with Gasteiger partial charge in [-0.3, -0.25) is 4.79 Å². The number of amides is 1. The highest BCUT2D eigenvalue weighted by atomic mass is 79.9. The molecular formula is C17H19BrFNO3. The molecular weight excluding hydrogens is 365 g/mol. The molecule has 2 heterocycles. The molecule has 0 spiro atoms. The monoisotopic (exact) mass is 383 g/mol. The Morgan fingerprint density at radius 1 is 1.30 bits per heavy atom. The van der Waals surface area contributed by atoms with Gasteiger partial charge >= 0.3 is 0 Å². The van der Waals surface area contributed by atoms with E-state index in [2.05, 4.69) is 15.9 Å². The third kappa shape index (κ3) is 4.00. The van der Waals surface area contributed by atoms with Crippen molar-refractivity contribution in [3.05, 3.63) is 40.1 Å². The highest BCUT2D eigenvalue weighted by molar-refractivity contribution is 9.10. The topological polar surface area (TPSA) is 38.8 Å². The van der Waals surface area contributed by atoms with Gasteiger partial charge < -0.3 is 14.4 Å². The maximum absolute atomic E-state index is 13.7. The van der Waals surface area contributed by atoms with E-state index in [1.54, 1.807) is 17.0 Å². The predicted molar refractivity (Wildman–Crippen MR) is 88.2 cm³/mol. The average Bonchev–Trinajstić information content (AvgIpc) is 3.10. The maximum Gasteiger partial charge on any atom is 0.247 e. The molecule has 0 N–H and O–H groups in total. The number of nitrogens with zero attached hydrogens (tertiary/aromatic N) is 1. The summed E-state index contributed by atoms with van der Waals surface area (Å²) in [5, 5.41) is 0. The first-order chi connectivity index (χ1) is 11.1. The SMILES string of the molecule is O=C(/C=C\c1cc(Br)ccc1F)N1CCCC[C@@H]1C1OCCO1. The Morgan fingerprint density at radius 3 is 2.87 bits per heavy atom. The average molecular weight is 384 g/mol. The third-order valence-electron chi connectivity index (χ3n) is 4.16. The van der Waals surface area contributed by atoms with Gasteiger partial charge in [-0.25, -0.2) is 4.39 Å². The lowest BCUT2D eigenvalue weighted by Gasteiger charge is -2.37. The van der Waals surface area contributed by atoms with Crippen LogP contribution in [0.3, 0.4) is 0 Å². The number of benzene rings is 1. The molecule has 2 aliphatic heterocycles. The first kappa shape index (κ1) is 16.6. The van der Waals surface area contributed by atoms with Gasteiger partial charge in [0.1, 0.15) is 5.82 Å². The van der Waals surface area contributed by atoms with Gasteiger partial charge in [0.25, 0.3) is 0 Å². The van der Waals surface area contributed by atoms with E-state index in [0.717, 1.165) is 23.7 Å². The van der Waals surface area contributed by atoms with E-state index in [4.69, 9.17) is 9.47 Å². The maximum atomic E-state index is 13.7. The van der Waals surface area contributed by atoms with E-state index in [1.165, 1.54) is 18.2 Å². The van der Waals surface area contributed by atoms with E-state index >= 15 is 0 Å². The summed E-state index contributed by atoms with van der Waals surface area (Å²) < 4.78 is 25.6. The first-order valence-corrected chi connectivity index (χ1v) is 8.61. The normalized spacial score (nSPS) is 22.9. The van der Waals surface area contributed by atoms with Crippen molar-refractivity contribution in [2.24, 2.45) is 0 Å². The lowest BCUT2D eigenvalue weighted by atomic mass is 10.0. The molecule has 2 fully saturated rings. The van der Waals surface area contributed by atoms with Gasteiger partial charge in [0.2, 0.25) is 5.91 Å². The smallest absolute Gasteiger partial charge is 0.247 e. The molecule has 0 aromatic heterocycles. The lowest BCUT2D eigenvalue weighted by Crippen LogP contribution is -2.49. The third-order valence-corrected chi connectivity index (χ3v) is 4.65. The van der Waals surface area contributed by atoms with Crippen LogP contribution in [0, 0.1) is 5.82 Å². The van der Waals surface area contributed by atoms with Crippen molar-refractivity contribution >= 4 is 27.9 Å². The highest BCUT2D eigenvalue weighted by Crippen LogP contribution is 2.25. The Bertz CT molecular complexity index is 602. The highest BCUT2D eigenvalue weighted by Gasteiger charge is 2.35. The number of rotatable bonds is 3. The molecule has 3 rings (SSSR count). The molecule has 0 aliphatic carbocycles. The fourth-order valence-electron chi connectivity index (χ4n) is 3.01. The van der Waals surface area contributed by atoms with Gasteiger partial charge in [0.15, 0.2) is 6.29 Å². The fourth-order valence-corrected chi connectivity index (χ4v) is 3.39. The van der Waals surface area contributed by atoms with Crippen molar-refractivity contribution in [1.82, 2.24) is 4.90 Å². The van der Waals surface area contributed by atoms with Gasteiger partial charge in [0, 0.05) is 22.7 Å². The summed E-state index contributed by atoms with van der Waals surface area (Å²) in [6, 6.07) is 4.59. The van der Waals surface area contributed by atoms with E-state index in [1.807, 2.05) is 0 Å². The molecule has 6 heteroatoms. The van der Waals surface area contributed by atoms with Crippen molar-refractivity contribution < 1.29 is 18.7 Å². The number of carbonyl (C=O) groups is 1. The van der Waals surface area contributed by atoms with Crippen LogP contribution in [0.1, 0.15) is 24.8 Å². The Labute approximate surface area is 143 Å². The lowest BCUT2D eigenvalue weighted by molar-refractivity contribution is -0.145. The second-order valence-corrected chi connectivity index (χ2v) is 6.62. The molecule has 0 radical (unpaired) electrons. The minimum atomic E-state index is -0.352. The van der Waals surface area contributed by atoms with E-state index in [0.29, 0.717) is 25.3 Å². The van der Waals surface area contributed by atoms with Crippen LogP contribution >= 0.6 is 15.9 Å². The van der Waals surface area contributed by atoms with Crippen LogP contribution in [0.4, 0.5) is 4.39 Å². The number of likely N-dealkylation sites (tertiary alicyclic amines) is 1. The Morgan fingerprint density at radius 2 is 2.09 bits per heavy atom. The summed E-state index contributed by atoms with van der Waals surface area (Å²) in [7, 11) is 0. The number of ether oxygens (including phenoxy) is 2. The zero-order valence-electron chi connectivity index (χ0n) is 12.7. The molecule has 1 aromatic rings. The van der Waals surface area contributed by atoms with Crippen LogP contribution in [0.25, 0.3) is 6.08 Å². The largest absolute Gasteiger partial charge is 0.348 e. The van der Waals surface area contributed by atoms with Crippen LogP contribution in [0.5, 0.6) is 0 Å². The molecule has 0 saturated carbocycles. The number of piperidine rings is 1. The molecule has 1 aromatic carbocycles. The minimum absolute atomic E-state index is 0.0595. The van der Waals surface area contributed by atoms with Crippen molar-refractivity contribution in [3.63, 3.8) is 0 Å². The second kappa shape index (κ2) is 7.55. The molecule has 1 atom stereocenters. The summed E-state index contributed by atoms with van der Waals surface area (Å²) in [5.74, 6) is -0.483. The van der Waals surface area contributed by atoms with Crippen LogP contribution < -0.4 is 0 Å². The van der Waals surface area contributed by atoms with Crippen LogP contribution in [-0.4, -0.2) is 42.9 Å². The predicted octanol–water partition coefficient (Wildman–Crippen LogP) is 3.36. The van der Waals surface area contributed by atoms with Crippen molar-refractivity contribution in [2.45, 2.75) is 31.6 Å². The van der Waals surface area contributed by atoms with Crippen molar-refractivity contribution in [1.29, 1.82) is 0 Å². The summed E-state index contributed by atoms with van der Waals surface area (Å²) in [4.78, 5) is 14.3. The molecule has 2 aliphatic rings. The van der Waals surface area contributed by atoms with Gasteiger partial charge in [-0.1, -0.05) is 15.9 Å². The Hall–Kier alpha value is -1.24. The van der Waals surface area contributed by atoms with Crippen LogP contribution in [0.15, 0.2) is 28.7 Å². The van der Waals surface area contributed by atoms with Gasteiger partial charge in [0.05, 0.1) is 19.3 Å². The van der Waals surface area contributed by atoms with E-state index in [9.17, 15) is 9.18 Å². The van der Waals surface area contributed by atoms with Gasteiger partial charge in [-0.05, 0) is 43.5 Å². The number of hydrogen-bond acceptors (Lipinski definition) is 3. The van der Waals surface area contributed by atoms with Gasteiger partial charge in [-0.15, -0.1) is 0 Å². The molecule has 0 bridgehead atoms. The summed E-state index contributed by atoms with van der Waals surface area (Å²) in [5.41, 5.74) is 0.384. The number of carbonyl (C=O) groups excluding carboxylic acids is 1. The Kier molecular flexibility index (Phi) is 5.46. The molecule has 1 amide bonds. The van der Waals surface area contributed by atoms with Crippen LogP contribution in [0.2, 0.25) is 0 Å². The minimum Gasteiger partial charge on any atom is -0.348 e. The summed E-state index contributed by atoms with van der Waals surface area (Å²) in [6.07, 6.45) is 5.50. The second-order valence-electron chi connectivity index (χ2n) is 5.70.